The van der Waals surface area contributed by atoms with Crippen LogP contribution in [0.5, 0.6) is 0 Å². The molecule has 142 valence electrons. The van der Waals surface area contributed by atoms with Crippen LogP contribution in [0.2, 0.25) is 0 Å². The standard InChI is InChI=1S/C20H21NO5S/c1-11-3-4-18-14(6-8-26-27(18)24)19(11)15(12(2)22)9-17-13-5-7-25-20(23)16(13)10-21-17/h4,9-11,21H,3,5-8H2,1-2H3/b15-9+. The first-order valence-electron chi connectivity index (χ1n) is 9.06. The number of nitrogens with one attached hydrogen (secondary N) is 1. The molecule has 2 aliphatic heterocycles. The largest absolute Gasteiger partial charge is 0.462 e. The fourth-order valence-electron chi connectivity index (χ4n) is 3.98. The third-order valence-electron chi connectivity index (χ3n) is 5.28. The van der Waals surface area contributed by atoms with Gasteiger partial charge in [0.25, 0.3) is 0 Å². The maximum absolute atomic E-state index is 12.6. The van der Waals surface area contributed by atoms with Crippen LogP contribution < -0.4 is 0 Å². The molecule has 3 heterocycles. The number of cyclic esters (lactones) is 1. The van der Waals surface area contributed by atoms with Gasteiger partial charge in [-0.2, -0.15) is 0 Å². The van der Waals surface area contributed by atoms with Gasteiger partial charge in [-0.05, 0) is 48.5 Å². The number of ketones is 1. The van der Waals surface area contributed by atoms with Crippen molar-refractivity contribution in [3.05, 3.63) is 50.7 Å². The minimum atomic E-state index is -1.47. The number of esters is 1. The van der Waals surface area contributed by atoms with E-state index < -0.39 is 11.1 Å². The normalized spacial score (nSPS) is 25.5. The Morgan fingerprint density at radius 3 is 2.93 bits per heavy atom. The zero-order valence-electron chi connectivity index (χ0n) is 15.3. The average Bonchev–Trinajstić information content (AvgIpc) is 3.04. The highest BCUT2D eigenvalue weighted by molar-refractivity contribution is 7.84. The van der Waals surface area contributed by atoms with Crippen LogP contribution in [0.25, 0.3) is 6.08 Å². The lowest BCUT2D eigenvalue weighted by Gasteiger charge is -2.29. The molecule has 27 heavy (non-hydrogen) atoms. The van der Waals surface area contributed by atoms with E-state index in [1.165, 1.54) is 0 Å². The molecule has 0 saturated carbocycles. The summed E-state index contributed by atoms with van der Waals surface area (Å²) in [6.07, 6.45) is 7.40. The molecule has 1 aliphatic carbocycles. The molecule has 7 heteroatoms. The van der Waals surface area contributed by atoms with Crippen molar-refractivity contribution in [2.24, 2.45) is 5.92 Å². The zero-order chi connectivity index (χ0) is 19.1. The Morgan fingerprint density at radius 2 is 2.15 bits per heavy atom. The zero-order valence-corrected chi connectivity index (χ0v) is 16.1. The number of rotatable bonds is 3. The minimum absolute atomic E-state index is 0.0513. The summed E-state index contributed by atoms with van der Waals surface area (Å²) >= 11 is -1.47. The molecule has 0 spiro atoms. The van der Waals surface area contributed by atoms with Crippen LogP contribution in [0.15, 0.2) is 33.9 Å². The van der Waals surface area contributed by atoms with Crippen molar-refractivity contribution in [1.82, 2.24) is 4.98 Å². The van der Waals surface area contributed by atoms with Gasteiger partial charge < -0.3 is 9.72 Å². The molecular formula is C20H21NO5S. The first kappa shape index (κ1) is 18.1. The monoisotopic (exact) mass is 387 g/mol. The summed E-state index contributed by atoms with van der Waals surface area (Å²) in [5.74, 6) is -0.246. The van der Waals surface area contributed by atoms with Crippen LogP contribution >= 0.6 is 0 Å². The molecule has 6 nitrogen and oxygen atoms in total. The van der Waals surface area contributed by atoms with Crippen LogP contribution in [0, 0.1) is 5.92 Å². The van der Waals surface area contributed by atoms with Gasteiger partial charge in [-0.1, -0.05) is 13.0 Å². The topological polar surface area (TPSA) is 85.5 Å². The van der Waals surface area contributed by atoms with E-state index in [0.29, 0.717) is 48.5 Å². The molecule has 2 unspecified atom stereocenters. The van der Waals surface area contributed by atoms with Crippen LogP contribution in [0.4, 0.5) is 0 Å². The molecule has 1 saturated heterocycles. The lowest BCUT2D eigenvalue weighted by molar-refractivity contribution is -0.113. The SMILES string of the molecule is CC(=O)/C(=C\c1[nH]cc2c1CCOC2=O)C1=C2CCOS(=O)C2=CCC1C. The van der Waals surface area contributed by atoms with Crippen LogP contribution in [-0.4, -0.2) is 34.2 Å². The number of aromatic amines is 1. The Labute approximate surface area is 160 Å². The number of allylic oxidation sites excluding steroid dienone is 4. The fraction of sp³-hybridized carbons (Fsp3) is 0.400. The molecule has 4 rings (SSSR count). The highest BCUT2D eigenvalue weighted by Crippen LogP contribution is 2.40. The molecule has 2 atom stereocenters. The third-order valence-corrected chi connectivity index (χ3v) is 6.43. The number of carbonyl (C=O) groups is 2. The van der Waals surface area contributed by atoms with Gasteiger partial charge >= 0.3 is 5.97 Å². The van der Waals surface area contributed by atoms with E-state index in [-0.39, 0.29) is 17.7 Å². The second-order valence-corrected chi connectivity index (χ2v) is 8.14. The summed E-state index contributed by atoms with van der Waals surface area (Å²) in [4.78, 5) is 28.3. The van der Waals surface area contributed by atoms with E-state index >= 15 is 0 Å². The molecule has 1 fully saturated rings. The third kappa shape index (κ3) is 3.15. The summed E-state index contributed by atoms with van der Waals surface area (Å²) in [5, 5.41) is 0. The van der Waals surface area contributed by atoms with Gasteiger partial charge in [-0.15, -0.1) is 0 Å². The summed E-state index contributed by atoms with van der Waals surface area (Å²) < 4.78 is 22.6. The van der Waals surface area contributed by atoms with E-state index in [4.69, 9.17) is 8.92 Å². The number of fused-ring (bicyclic) bond motifs is 2. The number of carbonyl (C=O) groups excluding carboxylic acids is 2. The molecule has 1 N–H and O–H groups in total. The second-order valence-electron chi connectivity index (χ2n) is 7.00. The minimum Gasteiger partial charge on any atom is -0.462 e. The highest BCUT2D eigenvalue weighted by atomic mass is 32.2. The van der Waals surface area contributed by atoms with E-state index in [2.05, 4.69) is 11.9 Å². The quantitative estimate of drug-likeness (QED) is 0.637. The summed E-state index contributed by atoms with van der Waals surface area (Å²) in [5.41, 5.74) is 4.67. The van der Waals surface area contributed by atoms with Crippen molar-refractivity contribution in [2.45, 2.75) is 33.1 Å². The van der Waals surface area contributed by atoms with Gasteiger partial charge in [0.2, 0.25) is 0 Å². The molecule has 3 aliphatic rings. The van der Waals surface area contributed by atoms with Gasteiger partial charge in [0, 0.05) is 23.9 Å². The molecule has 0 aromatic carbocycles. The van der Waals surface area contributed by atoms with E-state index in [1.807, 2.05) is 12.2 Å². The van der Waals surface area contributed by atoms with Crippen molar-refractivity contribution >= 4 is 28.9 Å². The number of Topliss-reactive ketones (excluding diaryl/α,β-unsaturated/α-hetero) is 1. The molecule has 0 bridgehead atoms. The molecular weight excluding hydrogens is 366 g/mol. The van der Waals surface area contributed by atoms with Crippen LogP contribution in [-0.2, 0) is 31.2 Å². The lowest BCUT2D eigenvalue weighted by Crippen LogP contribution is -2.22. The number of aromatic nitrogens is 1. The van der Waals surface area contributed by atoms with E-state index in [0.717, 1.165) is 22.4 Å². The van der Waals surface area contributed by atoms with Gasteiger partial charge in [-0.3, -0.25) is 8.98 Å². The first-order chi connectivity index (χ1) is 13.0. The fourth-order valence-corrected chi connectivity index (χ4v) is 4.99. The van der Waals surface area contributed by atoms with Crippen molar-refractivity contribution in [2.75, 3.05) is 13.2 Å². The first-order valence-corrected chi connectivity index (χ1v) is 10.1. The number of ether oxygens (including phenoxy) is 1. The Hall–Kier alpha value is -2.25. The Bertz CT molecular complexity index is 950. The Balaban J connectivity index is 1.85. The number of hydrogen-bond acceptors (Lipinski definition) is 5. The van der Waals surface area contributed by atoms with Crippen LogP contribution in [0.3, 0.4) is 0 Å². The van der Waals surface area contributed by atoms with Gasteiger partial charge in [0.15, 0.2) is 16.9 Å². The van der Waals surface area contributed by atoms with Gasteiger partial charge in [0.1, 0.15) is 0 Å². The average molecular weight is 387 g/mol. The molecule has 1 aromatic rings. The van der Waals surface area contributed by atoms with E-state index in [1.54, 1.807) is 13.1 Å². The summed E-state index contributed by atoms with van der Waals surface area (Å²) in [6.45, 7) is 4.34. The summed E-state index contributed by atoms with van der Waals surface area (Å²) in [7, 11) is 0. The number of H-pyrrole nitrogens is 1. The van der Waals surface area contributed by atoms with Crippen LogP contribution in [0.1, 0.15) is 48.3 Å². The van der Waals surface area contributed by atoms with Crippen molar-refractivity contribution in [3.8, 4) is 0 Å². The predicted molar refractivity (Wildman–Crippen MR) is 101 cm³/mol. The molecule has 0 amide bonds. The van der Waals surface area contributed by atoms with E-state index in [9.17, 15) is 13.8 Å². The lowest BCUT2D eigenvalue weighted by atomic mass is 9.80. The highest BCUT2D eigenvalue weighted by Gasteiger charge is 2.32. The van der Waals surface area contributed by atoms with Crippen molar-refractivity contribution in [1.29, 1.82) is 0 Å². The van der Waals surface area contributed by atoms with Crippen molar-refractivity contribution in [3.63, 3.8) is 0 Å². The smallest absolute Gasteiger partial charge is 0.339 e. The molecule has 1 aromatic heterocycles. The Morgan fingerprint density at radius 1 is 1.33 bits per heavy atom. The second kappa shape index (κ2) is 7.05. The maximum atomic E-state index is 12.6. The maximum Gasteiger partial charge on any atom is 0.339 e. The predicted octanol–water partition coefficient (Wildman–Crippen LogP) is 3.00. The number of hydrogen-bond donors (Lipinski definition) is 1. The summed E-state index contributed by atoms with van der Waals surface area (Å²) in [6, 6.07) is 0. The Kier molecular flexibility index (Phi) is 4.74. The van der Waals surface area contributed by atoms with Crippen molar-refractivity contribution < 1.29 is 22.7 Å². The van der Waals surface area contributed by atoms with Gasteiger partial charge in [-0.25, -0.2) is 9.00 Å². The molecule has 0 radical (unpaired) electrons. The van der Waals surface area contributed by atoms with Gasteiger partial charge in [0.05, 0.1) is 23.7 Å².